The number of anilines is 1. The zero-order valence-electron chi connectivity index (χ0n) is 17.2. The lowest BCUT2D eigenvalue weighted by atomic mass is 10.1. The Bertz CT molecular complexity index is 971. The van der Waals surface area contributed by atoms with E-state index in [9.17, 15) is 14.1 Å². The summed E-state index contributed by atoms with van der Waals surface area (Å²) in [6.45, 7) is 3.77. The van der Waals surface area contributed by atoms with E-state index in [4.69, 9.17) is 9.52 Å². The Morgan fingerprint density at radius 1 is 1.20 bits per heavy atom. The van der Waals surface area contributed by atoms with Crippen LogP contribution in [0.25, 0.3) is 0 Å². The molecular weight excluding hydrogens is 402 g/mol. The van der Waals surface area contributed by atoms with Crippen molar-refractivity contribution in [3.8, 4) is 11.5 Å². The van der Waals surface area contributed by atoms with Gasteiger partial charge in [-0.3, -0.25) is 0 Å². The summed E-state index contributed by atoms with van der Waals surface area (Å²) in [5.41, 5.74) is 0.431. The molecule has 1 saturated heterocycles. The number of piperidine rings is 1. The van der Waals surface area contributed by atoms with Crippen LogP contribution < -0.4 is 10.1 Å². The molecule has 0 aromatic heterocycles. The van der Waals surface area contributed by atoms with E-state index in [0.29, 0.717) is 31.1 Å². The lowest BCUT2D eigenvalue weighted by Gasteiger charge is -2.29. The first-order chi connectivity index (χ1) is 14.4. The molecule has 3 rings (SSSR count). The van der Waals surface area contributed by atoms with Crippen LogP contribution in [-0.4, -0.2) is 39.2 Å². The minimum atomic E-state index is -3.42. The van der Waals surface area contributed by atoms with Gasteiger partial charge < -0.3 is 15.2 Å². The Balaban J connectivity index is 2.14. The maximum Gasteiger partial charge on any atom is 0.335 e. The highest BCUT2D eigenvalue weighted by molar-refractivity contribution is 7.90. The highest BCUT2D eigenvalue weighted by Crippen LogP contribution is 2.39. The van der Waals surface area contributed by atoms with Gasteiger partial charge >= 0.3 is 5.97 Å². The van der Waals surface area contributed by atoms with Gasteiger partial charge in [-0.1, -0.05) is 38.0 Å². The third-order valence-corrected chi connectivity index (χ3v) is 7.08. The molecule has 7 nitrogen and oxygen atoms in total. The van der Waals surface area contributed by atoms with Crippen LogP contribution in [0.5, 0.6) is 11.5 Å². The van der Waals surface area contributed by atoms with Gasteiger partial charge in [-0.25, -0.2) is 18.1 Å². The van der Waals surface area contributed by atoms with Crippen LogP contribution in [0.4, 0.5) is 5.69 Å². The molecule has 0 amide bonds. The van der Waals surface area contributed by atoms with E-state index in [1.54, 1.807) is 16.4 Å². The van der Waals surface area contributed by atoms with E-state index in [1.165, 1.54) is 12.1 Å². The molecule has 0 spiro atoms. The molecule has 1 fully saturated rings. The molecule has 1 unspecified atom stereocenters. The first kappa shape index (κ1) is 22.1. The Labute approximate surface area is 178 Å². The molecule has 1 atom stereocenters. The molecule has 2 aromatic carbocycles. The fourth-order valence-electron chi connectivity index (χ4n) is 3.44. The van der Waals surface area contributed by atoms with Crippen LogP contribution in [0.1, 0.15) is 49.4 Å². The quantitative estimate of drug-likeness (QED) is 0.474. The molecule has 3 N–H and O–H groups in total. The largest absolute Gasteiger partial charge is 0.478 e. The second-order valence-electron chi connectivity index (χ2n) is 7.37. The van der Waals surface area contributed by atoms with Crippen LogP contribution in [0, 0.1) is 4.78 Å². The van der Waals surface area contributed by atoms with Crippen LogP contribution in [-0.2, 0) is 9.92 Å². The molecule has 2 aromatic rings. The number of nitrogens with one attached hydrogen (secondary N) is 2. The van der Waals surface area contributed by atoms with Gasteiger partial charge in [0.05, 0.1) is 11.3 Å². The second-order valence-corrected chi connectivity index (χ2v) is 9.38. The summed E-state index contributed by atoms with van der Waals surface area (Å²) >= 11 is 0. The maximum absolute atomic E-state index is 13.7. The Morgan fingerprint density at radius 2 is 1.90 bits per heavy atom. The summed E-state index contributed by atoms with van der Waals surface area (Å²) in [6, 6.07) is 11.9. The molecule has 0 saturated carbocycles. The summed E-state index contributed by atoms with van der Waals surface area (Å²) in [6.07, 6.45) is 4.63. The van der Waals surface area contributed by atoms with Crippen molar-refractivity contribution in [2.24, 2.45) is 0 Å². The lowest BCUT2D eigenvalue weighted by Crippen LogP contribution is -2.35. The van der Waals surface area contributed by atoms with E-state index < -0.39 is 15.9 Å². The predicted molar refractivity (Wildman–Crippen MR) is 118 cm³/mol. The van der Waals surface area contributed by atoms with Crippen molar-refractivity contribution in [1.29, 1.82) is 4.78 Å². The Morgan fingerprint density at radius 3 is 2.53 bits per heavy atom. The maximum atomic E-state index is 13.7. The Kier molecular flexibility index (Phi) is 7.33. The molecular formula is C22H29N3O4S. The Hall–Kier alpha value is -2.58. The summed E-state index contributed by atoms with van der Waals surface area (Å²) in [4.78, 5) is 11.9. The fourth-order valence-corrected chi connectivity index (χ4v) is 5.18. The number of unbranched alkanes of at least 4 members (excludes halogenated alkanes) is 1. The summed E-state index contributed by atoms with van der Waals surface area (Å²) < 4.78 is 30.2. The average molecular weight is 432 g/mol. The van der Waals surface area contributed by atoms with Crippen LogP contribution in [0.15, 0.2) is 47.4 Å². The number of nitrogens with zero attached hydrogens (tertiary/aromatic N) is 1. The zero-order chi connectivity index (χ0) is 21.6. The molecule has 162 valence electrons. The molecule has 30 heavy (non-hydrogen) atoms. The van der Waals surface area contributed by atoms with Gasteiger partial charge in [-0.2, -0.15) is 0 Å². The first-order valence-corrected chi connectivity index (χ1v) is 11.9. The van der Waals surface area contributed by atoms with E-state index in [1.807, 2.05) is 18.2 Å². The summed E-state index contributed by atoms with van der Waals surface area (Å²) in [5.74, 6) is -0.336. The number of para-hydroxylation sites is 1. The van der Waals surface area contributed by atoms with Gasteiger partial charge in [0.1, 0.15) is 20.6 Å². The molecule has 0 bridgehead atoms. The zero-order valence-corrected chi connectivity index (χ0v) is 18.0. The van der Waals surface area contributed by atoms with Gasteiger partial charge in [0, 0.05) is 19.6 Å². The SMILES string of the molecule is CCCCNc1cc(C(=O)O)cc(S(=N)(=O)N2CCCCC2)c1Oc1ccccc1. The van der Waals surface area contributed by atoms with Gasteiger partial charge in [-0.15, -0.1) is 0 Å². The fraction of sp³-hybridized carbons (Fsp3) is 0.409. The third-order valence-electron chi connectivity index (χ3n) is 5.09. The normalized spacial score (nSPS) is 16.6. The number of rotatable bonds is 9. The number of ether oxygens (including phenoxy) is 1. The van der Waals surface area contributed by atoms with Crippen LogP contribution in [0.2, 0.25) is 0 Å². The highest BCUT2D eigenvalue weighted by Gasteiger charge is 2.29. The van der Waals surface area contributed by atoms with E-state index in [-0.39, 0.29) is 16.2 Å². The monoisotopic (exact) mass is 431 g/mol. The molecule has 0 radical (unpaired) electrons. The van der Waals surface area contributed by atoms with E-state index in [2.05, 4.69) is 12.2 Å². The van der Waals surface area contributed by atoms with Crippen molar-refractivity contribution >= 4 is 21.6 Å². The van der Waals surface area contributed by atoms with Gasteiger partial charge in [0.25, 0.3) is 0 Å². The number of hydrogen-bond acceptors (Lipinski definition) is 5. The van der Waals surface area contributed by atoms with Gasteiger partial charge in [-0.05, 0) is 43.5 Å². The van der Waals surface area contributed by atoms with Gasteiger partial charge in [0.15, 0.2) is 5.75 Å². The number of aromatic carboxylic acids is 1. The van der Waals surface area contributed by atoms with E-state index in [0.717, 1.165) is 32.1 Å². The first-order valence-electron chi connectivity index (χ1n) is 10.4. The summed E-state index contributed by atoms with van der Waals surface area (Å²) in [7, 11) is -3.42. The molecule has 1 heterocycles. The highest BCUT2D eigenvalue weighted by atomic mass is 32.2. The molecule has 1 aliphatic rings. The van der Waals surface area contributed by atoms with Crippen molar-refractivity contribution in [2.45, 2.75) is 43.9 Å². The minimum Gasteiger partial charge on any atom is -0.478 e. The van der Waals surface area contributed by atoms with Crippen LogP contribution in [0.3, 0.4) is 0 Å². The predicted octanol–water partition coefficient (Wildman–Crippen LogP) is 5.20. The second kappa shape index (κ2) is 9.95. The van der Waals surface area contributed by atoms with E-state index >= 15 is 0 Å². The van der Waals surface area contributed by atoms with Gasteiger partial charge in [0.2, 0.25) is 0 Å². The molecule has 1 aliphatic heterocycles. The average Bonchev–Trinajstić information content (AvgIpc) is 2.76. The number of carbonyl (C=O) groups is 1. The van der Waals surface area contributed by atoms with Crippen molar-refractivity contribution < 1.29 is 18.8 Å². The van der Waals surface area contributed by atoms with Crippen molar-refractivity contribution in [1.82, 2.24) is 4.31 Å². The van der Waals surface area contributed by atoms with Crippen molar-refractivity contribution in [2.75, 3.05) is 25.0 Å². The molecule has 0 aliphatic carbocycles. The minimum absolute atomic E-state index is 0.0126. The smallest absolute Gasteiger partial charge is 0.335 e. The standard InChI is InChI=1S/C22H29N3O4S/c1-2-3-12-24-19-15-17(22(26)27)16-20(21(19)29-18-10-6-4-7-11-18)30(23,28)25-13-8-5-9-14-25/h4,6-7,10-11,15-16,23-24H,2-3,5,8-9,12-14H2,1H3,(H,26,27). The number of hydrogen-bond donors (Lipinski definition) is 3. The topological polar surface area (TPSA) is 103 Å². The number of carboxylic acids is 1. The number of carboxylic acid groups (broad SMARTS) is 1. The third kappa shape index (κ3) is 5.12. The van der Waals surface area contributed by atoms with Crippen LogP contribution >= 0.6 is 0 Å². The summed E-state index contributed by atoms with van der Waals surface area (Å²) in [5, 5.41) is 12.9. The van der Waals surface area contributed by atoms with Crippen molar-refractivity contribution in [3.05, 3.63) is 48.0 Å². The molecule has 8 heteroatoms. The lowest BCUT2D eigenvalue weighted by molar-refractivity contribution is 0.0696. The number of benzene rings is 2. The van der Waals surface area contributed by atoms with Crippen molar-refractivity contribution in [3.63, 3.8) is 0 Å².